The Balaban J connectivity index is 2.20. The van der Waals surface area contributed by atoms with Gasteiger partial charge in [-0.3, -0.25) is 10.8 Å². The molecule has 2 heterocycles. The average molecular weight is 271 g/mol. The molecule has 0 amide bonds. The number of aromatic nitrogens is 3. The number of hydrogen-bond acceptors (Lipinski definition) is 6. The first kappa shape index (κ1) is 12.2. The number of nitrogens with one attached hydrogen (secondary N) is 1. The SMILES string of the molecule is Cc1nnsc1C(NN)c1cccc2cnccc12. The number of benzene rings is 1. The van der Waals surface area contributed by atoms with E-state index in [2.05, 4.69) is 26.1 Å². The fraction of sp³-hybridized carbons (Fsp3) is 0.154. The Morgan fingerprint density at radius 3 is 2.95 bits per heavy atom. The van der Waals surface area contributed by atoms with Gasteiger partial charge in [-0.05, 0) is 35.5 Å². The van der Waals surface area contributed by atoms with Crippen molar-refractivity contribution >= 4 is 22.3 Å². The molecule has 1 aromatic carbocycles. The second-order valence-corrected chi connectivity index (χ2v) is 5.05. The number of nitrogens with two attached hydrogens (primary N) is 1. The zero-order chi connectivity index (χ0) is 13.2. The topological polar surface area (TPSA) is 76.7 Å². The van der Waals surface area contributed by atoms with Crippen molar-refractivity contribution in [2.75, 3.05) is 0 Å². The highest BCUT2D eigenvalue weighted by Gasteiger charge is 2.19. The zero-order valence-corrected chi connectivity index (χ0v) is 11.2. The fourth-order valence-electron chi connectivity index (χ4n) is 2.21. The van der Waals surface area contributed by atoms with Gasteiger partial charge < -0.3 is 0 Å². The molecule has 0 aliphatic carbocycles. The molecule has 96 valence electrons. The molecule has 0 spiro atoms. The van der Waals surface area contributed by atoms with Crippen LogP contribution in [0.5, 0.6) is 0 Å². The van der Waals surface area contributed by atoms with Gasteiger partial charge in [0.1, 0.15) is 0 Å². The second kappa shape index (κ2) is 5.00. The first-order valence-electron chi connectivity index (χ1n) is 5.89. The molecule has 1 atom stereocenters. The summed E-state index contributed by atoms with van der Waals surface area (Å²) in [4.78, 5) is 5.18. The minimum absolute atomic E-state index is 0.105. The van der Waals surface area contributed by atoms with E-state index in [1.54, 1.807) is 6.20 Å². The van der Waals surface area contributed by atoms with Crippen molar-refractivity contribution in [3.05, 3.63) is 52.8 Å². The Kier molecular flexibility index (Phi) is 3.20. The number of rotatable bonds is 3. The van der Waals surface area contributed by atoms with Crippen LogP contribution in [0.2, 0.25) is 0 Å². The summed E-state index contributed by atoms with van der Waals surface area (Å²) in [5.41, 5.74) is 4.87. The van der Waals surface area contributed by atoms with Crippen LogP contribution in [-0.4, -0.2) is 14.6 Å². The second-order valence-electron chi connectivity index (χ2n) is 4.27. The summed E-state index contributed by atoms with van der Waals surface area (Å²) < 4.78 is 3.98. The molecule has 0 saturated heterocycles. The molecule has 1 unspecified atom stereocenters. The van der Waals surface area contributed by atoms with E-state index < -0.39 is 0 Å². The average Bonchev–Trinajstić information content (AvgIpc) is 2.86. The van der Waals surface area contributed by atoms with Gasteiger partial charge in [0.05, 0.1) is 16.6 Å². The van der Waals surface area contributed by atoms with Crippen LogP contribution in [0.3, 0.4) is 0 Å². The van der Waals surface area contributed by atoms with E-state index in [-0.39, 0.29) is 6.04 Å². The van der Waals surface area contributed by atoms with Crippen molar-refractivity contribution in [1.29, 1.82) is 0 Å². The first-order chi connectivity index (χ1) is 9.31. The van der Waals surface area contributed by atoms with E-state index in [1.807, 2.05) is 31.3 Å². The Bertz CT molecular complexity index is 704. The van der Waals surface area contributed by atoms with Crippen molar-refractivity contribution in [2.45, 2.75) is 13.0 Å². The Hall–Kier alpha value is -1.89. The number of pyridine rings is 1. The summed E-state index contributed by atoms with van der Waals surface area (Å²) in [5.74, 6) is 5.74. The lowest BCUT2D eigenvalue weighted by Gasteiger charge is -2.17. The van der Waals surface area contributed by atoms with Crippen LogP contribution in [0, 0.1) is 6.92 Å². The van der Waals surface area contributed by atoms with Gasteiger partial charge in [-0.1, -0.05) is 22.7 Å². The van der Waals surface area contributed by atoms with Gasteiger partial charge in [-0.25, -0.2) is 5.43 Å². The monoisotopic (exact) mass is 271 g/mol. The van der Waals surface area contributed by atoms with Crippen LogP contribution >= 0.6 is 11.5 Å². The summed E-state index contributed by atoms with van der Waals surface area (Å²) in [6, 6.07) is 8.00. The molecule has 0 aliphatic heterocycles. The van der Waals surface area contributed by atoms with E-state index >= 15 is 0 Å². The normalized spacial score (nSPS) is 12.7. The maximum absolute atomic E-state index is 5.74. The van der Waals surface area contributed by atoms with Crippen molar-refractivity contribution in [2.24, 2.45) is 5.84 Å². The van der Waals surface area contributed by atoms with Gasteiger partial charge >= 0.3 is 0 Å². The quantitative estimate of drug-likeness (QED) is 0.562. The van der Waals surface area contributed by atoms with E-state index in [9.17, 15) is 0 Å². The van der Waals surface area contributed by atoms with E-state index in [0.29, 0.717) is 0 Å². The standard InChI is InChI=1S/C13H13N5S/c1-8-13(19-18-17-8)12(16-14)11-4-2-3-9-7-15-6-5-10(9)11/h2-7,12,16H,14H2,1H3. The summed E-state index contributed by atoms with van der Waals surface area (Å²) in [5, 5.41) is 6.28. The number of hydrazine groups is 1. The number of fused-ring (bicyclic) bond motifs is 1. The highest BCUT2D eigenvalue weighted by atomic mass is 32.1. The maximum atomic E-state index is 5.74. The molecular weight excluding hydrogens is 258 g/mol. The van der Waals surface area contributed by atoms with E-state index in [1.165, 1.54) is 11.5 Å². The Labute approximate surface area is 114 Å². The molecule has 0 aliphatic rings. The van der Waals surface area contributed by atoms with Gasteiger partial charge in [0.2, 0.25) is 0 Å². The summed E-state index contributed by atoms with van der Waals surface area (Å²) in [7, 11) is 0. The molecule has 3 N–H and O–H groups in total. The maximum Gasteiger partial charge on any atom is 0.0843 e. The highest BCUT2D eigenvalue weighted by Crippen LogP contribution is 2.30. The van der Waals surface area contributed by atoms with Crippen molar-refractivity contribution < 1.29 is 0 Å². The number of hydrogen-bond donors (Lipinski definition) is 2. The van der Waals surface area contributed by atoms with E-state index in [4.69, 9.17) is 5.84 Å². The molecule has 2 aromatic heterocycles. The summed E-state index contributed by atoms with van der Waals surface area (Å²) >= 11 is 1.37. The molecule has 0 saturated carbocycles. The van der Waals surface area contributed by atoms with Crippen LogP contribution in [0.4, 0.5) is 0 Å². The largest absolute Gasteiger partial charge is 0.271 e. The van der Waals surface area contributed by atoms with Gasteiger partial charge in [0.15, 0.2) is 0 Å². The summed E-state index contributed by atoms with van der Waals surface area (Å²) in [6.07, 6.45) is 3.64. The summed E-state index contributed by atoms with van der Waals surface area (Å²) in [6.45, 7) is 1.94. The lowest BCUT2D eigenvalue weighted by molar-refractivity contribution is 0.646. The van der Waals surface area contributed by atoms with Crippen LogP contribution in [0.25, 0.3) is 10.8 Å². The molecule has 3 aromatic rings. The molecule has 5 nitrogen and oxygen atoms in total. The van der Waals surface area contributed by atoms with Crippen LogP contribution in [0.15, 0.2) is 36.7 Å². The smallest absolute Gasteiger partial charge is 0.0843 e. The predicted molar refractivity (Wildman–Crippen MR) is 75.6 cm³/mol. The van der Waals surface area contributed by atoms with E-state index in [0.717, 1.165) is 26.9 Å². The van der Waals surface area contributed by atoms with Crippen LogP contribution in [0.1, 0.15) is 22.2 Å². The predicted octanol–water partition coefficient (Wildman–Crippen LogP) is 1.95. The molecule has 19 heavy (non-hydrogen) atoms. The molecule has 6 heteroatoms. The van der Waals surface area contributed by atoms with Crippen molar-refractivity contribution in [3.63, 3.8) is 0 Å². The Morgan fingerprint density at radius 2 is 2.21 bits per heavy atom. The molecule has 3 rings (SSSR count). The Morgan fingerprint density at radius 1 is 1.32 bits per heavy atom. The van der Waals surface area contributed by atoms with Gasteiger partial charge in [0.25, 0.3) is 0 Å². The van der Waals surface area contributed by atoms with Crippen molar-refractivity contribution in [3.8, 4) is 0 Å². The molecular formula is C13H13N5S. The zero-order valence-electron chi connectivity index (χ0n) is 10.4. The van der Waals surface area contributed by atoms with Crippen molar-refractivity contribution in [1.82, 2.24) is 20.0 Å². The number of nitrogens with zero attached hydrogens (tertiary/aromatic N) is 3. The third-order valence-electron chi connectivity index (χ3n) is 3.14. The third-order valence-corrected chi connectivity index (χ3v) is 4.03. The van der Waals surface area contributed by atoms with Gasteiger partial charge in [-0.2, -0.15) is 0 Å². The minimum atomic E-state index is -0.105. The van der Waals surface area contributed by atoms with Crippen LogP contribution < -0.4 is 11.3 Å². The molecule has 0 fully saturated rings. The lowest BCUT2D eigenvalue weighted by Crippen LogP contribution is -2.28. The van der Waals surface area contributed by atoms with Crippen LogP contribution in [-0.2, 0) is 0 Å². The van der Waals surface area contributed by atoms with Gasteiger partial charge in [-0.15, -0.1) is 5.10 Å². The third kappa shape index (κ3) is 2.10. The molecule has 0 bridgehead atoms. The minimum Gasteiger partial charge on any atom is -0.271 e. The van der Waals surface area contributed by atoms with Gasteiger partial charge in [0, 0.05) is 17.8 Å². The molecule has 0 radical (unpaired) electrons. The fourth-order valence-corrected chi connectivity index (χ4v) is 2.93. The lowest BCUT2D eigenvalue weighted by atomic mass is 9.99. The number of aryl methyl sites for hydroxylation is 1. The first-order valence-corrected chi connectivity index (χ1v) is 6.66. The highest BCUT2D eigenvalue weighted by molar-refractivity contribution is 7.05.